The minimum absolute atomic E-state index is 0. The standard InChI is InChI=1S/C12H19N5O.2ClH/c1-2-10(13)11(18)16-6-8-17(9-7-16)12-14-4-3-5-15-12;;/h3-5,10H,2,6-9,13H2,1H3;2*1H/t10-;;/m0../s1. The Bertz CT molecular complexity index is 398. The maximum Gasteiger partial charge on any atom is 0.239 e. The Hall–Kier alpha value is -1.11. The second-order valence-electron chi connectivity index (χ2n) is 4.38. The van der Waals surface area contributed by atoms with Crippen LogP contribution in [0.25, 0.3) is 0 Å². The van der Waals surface area contributed by atoms with Crippen LogP contribution in [0.3, 0.4) is 0 Å². The first-order valence-corrected chi connectivity index (χ1v) is 6.28. The summed E-state index contributed by atoms with van der Waals surface area (Å²) in [6.45, 7) is 4.81. The molecule has 0 radical (unpaired) electrons. The number of carbonyl (C=O) groups excluding carboxylic acids is 1. The van der Waals surface area contributed by atoms with Gasteiger partial charge in [0, 0.05) is 38.6 Å². The maximum absolute atomic E-state index is 11.9. The van der Waals surface area contributed by atoms with Gasteiger partial charge in [0.25, 0.3) is 0 Å². The van der Waals surface area contributed by atoms with E-state index in [2.05, 4.69) is 14.9 Å². The van der Waals surface area contributed by atoms with Crippen molar-refractivity contribution in [2.45, 2.75) is 19.4 Å². The molecule has 1 aliphatic heterocycles. The van der Waals surface area contributed by atoms with Gasteiger partial charge in [0.15, 0.2) is 0 Å². The molecule has 1 saturated heterocycles. The largest absolute Gasteiger partial charge is 0.338 e. The predicted molar refractivity (Wildman–Crippen MR) is 83.6 cm³/mol. The van der Waals surface area contributed by atoms with Gasteiger partial charge in [-0.2, -0.15) is 0 Å². The molecule has 20 heavy (non-hydrogen) atoms. The summed E-state index contributed by atoms with van der Waals surface area (Å²) in [6, 6.07) is 1.42. The van der Waals surface area contributed by atoms with Crippen molar-refractivity contribution in [2.75, 3.05) is 31.1 Å². The van der Waals surface area contributed by atoms with E-state index in [-0.39, 0.29) is 36.8 Å². The van der Waals surface area contributed by atoms with Crippen LogP contribution in [0.15, 0.2) is 18.5 Å². The van der Waals surface area contributed by atoms with Gasteiger partial charge in [-0.15, -0.1) is 24.8 Å². The SMILES string of the molecule is CC[C@H](N)C(=O)N1CCN(c2ncccn2)CC1.Cl.Cl. The molecule has 1 aromatic heterocycles. The number of hydrogen-bond donors (Lipinski definition) is 1. The molecule has 0 aromatic carbocycles. The predicted octanol–water partition coefficient (Wildman–Crippen LogP) is 0.706. The number of piperazine rings is 1. The Balaban J connectivity index is 0.00000180. The third-order valence-corrected chi connectivity index (χ3v) is 3.18. The van der Waals surface area contributed by atoms with Gasteiger partial charge < -0.3 is 15.5 Å². The van der Waals surface area contributed by atoms with E-state index in [4.69, 9.17) is 5.73 Å². The molecule has 6 nitrogen and oxygen atoms in total. The van der Waals surface area contributed by atoms with Crippen molar-refractivity contribution in [3.8, 4) is 0 Å². The van der Waals surface area contributed by atoms with E-state index < -0.39 is 0 Å². The van der Waals surface area contributed by atoms with Crippen LogP contribution in [0.1, 0.15) is 13.3 Å². The van der Waals surface area contributed by atoms with Crippen LogP contribution in [0.5, 0.6) is 0 Å². The van der Waals surface area contributed by atoms with Crippen LogP contribution in [0.4, 0.5) is 5.95 Å². The molecule has 2 N–H and O–H groups in total. The Kier molecular flexibility index (Phi) is 8.45. The van der Waals surface area contributed by atoms with Gasteiger partial charge in [0.2, 0.25) is 11.9 Å². The molecule has 0 unspecified atom stereocenters. The second kappa shape index (κ2) is 8.94. The summed E-state index contributed by atoms with van der Waals surface area (Å²) in [5.41, 5.74) is 5.76. The molecule has 1 atom stereocenters. The van der Waals surface area contributed by atoms with Gasteiger partial charge in [0.1, 0.15) is 0 Å². The lowest BCUT2D eigenvalue weighted by Gasteiger charge is -2.35. The smallest absolute Gasteiger partial charge is 0.239 e. The highest BCUT2D eigenvalue weighted by Gasteiger charge is 2.25. The van der Waals surface area contributed by atoms with Gasteiger partial charge in [-0.05, 0) is 12.5 Å². The topological polar surface area (TPSA) is 75.4 Å². The Morgan fingerprint density at radius 1 is 1.25 bits per heavy atom. The van der Waals surface area contributed by atoms with E-state index in [0.29, 0.717) is 19.5 Å². The summed E-state index contributed by atoms with van der Waals surface area (Å²) < 4.78 is 0. The zero-order valence-electron chi connectivity index (χ0n) is 11.4. The summed E-state index contributed by atoms with van der Waals surface area (Å²) in [4.78, 5) is 24.3. The van der Waals surface area contributed by atoms with E-state index >= 15 is 0 Å². The van der Waals surface area contributed by atoms with Gasteiger partial charge in [-0.1, -0.05) is 6.92 Å². The fourth-order valence-electron chi connectivity index (χ4n) is 1.99. The molecule has 0 spiro atoms. The summed E-state index contributed by atoms with van der Waals surface area (Å²) in [7, 11) is 0. The van der Waals surface area contributed by atoms with E-state index in [1.54, 1.807) is 18.5 Å². The quantitative estimate of drug-likeness (QED) is 0.887. The van der Waals surface area contributed by atoms with E-state index in [9.17, 15) is 4.79 Å². The average molecular weight is 322 g/mol. The Labute approximate surface area is 131 Å². The molecular weight excluding hydrogens is 301 g/mol. The molecule has 0 saturated carbocycles. The van der Waals surface area contributed by atoms with Gasteiger partial charge in [-0.25, -0.2) is 9.97 Å². The molecule has 0 aliphatic carbocycles. The Morgan fingerprint density at radius 3 is 2.30 bits per heavy atom. The number of carbonyl (C=O) groups is 1. The van der Waals surface area contributed by atoms with E-state index in [0.717, 1.165) is 19.0 Å². The first kappa shape index (κ1) is 18.9. The maximum atomic E-state index is 11.9. The number of rotatable bonds is 3. The van der Waals surface area contributed by atoms with Crippen molar-refractivity contribution in [3.05, 3.63) is 18.5 Å². The number of halogens is 2. The van der Waals surface area contributed by atoms with Crippen LogP contribution in [0.2, 0.25) is 0 Å². The van der Waals surface area contributed by atoms with Gasteiger partial charge >= 0.3 is 0 Å². The van der Waals surface area contributed by atoms with Crippen molar-refractivity contribution >= 4 is 36.7 Å². The molecule has 1 amide bonds. The monoisotopic (exact) mass is 321 g/mol. The molecule has 1 aromatic rings. The highest BCUT2D eigenvalue weighted by molar-refractivity contribution is 5.85. The highest BCUT2D eigenvalue weighted by atomic mass is 35.5. The van der Waals surface area contributed by atoms with Crippen LogP contribution < -0.4 is 10.6 Å². The second-order valence-corrected chi connectivity index (χ2v) is 4.38. The lowest BCUT2D eigenvalue weighted by molar-refractivity contribution is -0.132. The third kappa shape index (κ3) is 4.47. The minimum atomic E-state index is -0.371. The van der Waals surface area contributed by atoms with Gasteiger partial charge in [-0.3, -0.25) is 4.79 Å². The number of amides is 1. The summed E-state index contributed by atoms with van der Waals surface area (Å²) >= 11 is 0. The number of hydrogen-bond acceptors (Lipinski definition) is 5. The van der Waals surface area contributed by atoms with Crippen molar-refractivity contribution in [2.24, 2.45) is 5.73 Å². The van der Waals surface area contributed by atoms with Crippen LogP contribution in [-0.4, -0.2) is 53.0 Å². The van der Waals surface area contributed by atoms with Crippen LogP contribution in [-0.2, 0) is 4.79 Å². The molecule has 0 bridgehead atoms. The highest BCUT2D eigenvalue weighted by Crippen LogP contribution is 2.10. The fourth-order valence-corrected chi connectivity index (χ4v) is 1.99. The molecule has 114 valence electrons. The van der Waals surface area contributed by atoms with Crippen LogP contribution >= 0.6 is 24.8 Å². The minimum Gasteiger partial charge on any atom is -0.338 e. The normalized spacial score (nSPS) is 15.9. The van der Waals surface area contributed by atoms with Crippen molar-refractivity contribution < 1.29 is 4.79 Å². The van der Waals surface area contributed by atoms with E-state index in [1.807, 2.05) is 11.8 Å². The lowest BCUT2D eigenvalue weighted by atomic mass is 10.2. The molecule has 1 aliphatic rings. The molecular formula is C12H21Cl2N5O. The third-order valence-electron chi connectivity index (χ3n) is 3.18. The Morgan fingerprint density at radius 2 is 1.80 bits per heavy atom. The summed E-state index contributed by atoms with van der Waals surface area (Å²) in [5.74, 6) is 0.774. The average Bonchev–Trinajstić information content (AvgIpc) is 2.47. The van der Waals surface area contributed by atoms with Crippen molar-refractivity contribution in [3.63, 3.8) is 0 Å². The van der Waals surface area contributed by atoms with Crippen molar-refractivity contribution in [1.82, 2.24) is 14.9 Å². The lowest BCUT2D eigenvalue weighted by Crippen LogP contribution is -2.53. The molecule has 2 heterocycles. The van der Waals surface area contributed by atoms with Crippen LogP contribution in [0, 0.1) is 0 Å². The van der Waals surface area contributed by atoms with Crippen molar-refractivity contribution in [1.29, 1.82) is 0 Å². The summed E-state index contributed by atoms with van der Waals surface area (Å²) in [5, 5.41) is 0. The molecule has 1 fully saturated rings. The first-order chi connectivity index (χ1) is 8.72. The number of anilines is 1. The zero-order valence-corrected chi connectivity index (χ0v) is 13.1. The van der Waals surface area contributed by atoms with E-state index in [1.165, 1.54) is 0 Å². The number of aromatic nitrogens is 2. The molecule has 2 rings (SSSR count). The first-order valence-electron chi connectivity index (χ1n) is 6.28. The summed E-state index contributed by atoms with van der Waals surface area (Å²) in [6.07, 6.45) is 4.14. The number of nitrogens with zero attached hydrogens (tertiary/aromatic N) is 4. The fraction of sp³-hybridized carbons (Fsp3) is 0.583. The zero-order chi connectivity index (χ0) is 13.0. The number of nitrogens with two attached hydrogens (primary N) is 1. The van der Waals surface area contributed by atoms with Gasteiger partial charge in [0.05, 0.1) is 6.04 Å². The molecule has 8 heteroatoms.